The Morgan fingerprint density at radius 1 is 1.17 bits per heavy atom. The van der Waals surface area contributed by atoms with Crippen LogP contribution in [-0.4, -0.2) is 6.61 Å². The van der Waals surface area contributed by atoms with Gasteiger partial charge >= 0.3 is 0 Å². The molecular weight excluding hydrogens is 152 g/mol. The van der Waals surface area contributed by atoms with E-state index in [9.17, 15) is 0 Å². The Kier molecular flexibility index (Phi) is 2.94. The Morgan fingerprint density at radius 3 is 2.25 bits per heavy atom. The van der Waals surface area contributed by atoms with Crippen LogP contribution in [0.2, 0.25) is 0 Å². The lowest BCUT2D eigenvalue weighted by atomic mass is 10.2. The number of nitrogens with two attached hydrogens (primary N) is 2. The van der Waals surface area contributed by atoms with Gasteiger partial charge in [-0.25, -0.2) is 0 Å². The van der Waals surface area contributed by atoms with Crippen molar-refractivity contribution in [2.45, 2.75) is 13.5 Å². The standard InChI is InChI=1S/C9H14N2O/c1-2-12-6-7-3-8(10)5-9(11)4-7/h3-5H,2,6,10-11H2,1H3. The van der Waals surface area contributed by atoms with Gasteiger partial charge in [0.05, 0.1) is 6.61 Å². The fraction of sp³-hybridized carbons (Fsp3) is 0.333. The van der Waals surface area contributed by atoms with Crippen LogP contribution in [-0.2, 0) is 11.3 Å². The van der Waals surface area contributed by atoms with E-state index in [2.05, 4.69) is 0 Å². The van der Waals surface area contributed by atoms with Crippen molar-refractivity contribution in [1.29, 1.82) is 0 Å². The van der Waals surface area contributed by atoms with E-state index < -0.39 is 0 Å². The van der Waals surface area contributed by atoms with E-state index in [0.29, 0.717) is 24.6 Å². The molecule has 0 bridgehead atoms. The van der Waals surface area contributed by atoms with Crippen molar-refractivity contribution in [2.24, 2.45) is 0 Å². The first-order valence-electron chi connectivity index (χ1n) is 3.95. The first kappa shape index (κ1) is 8.87. The SMILES string of the molecule is CCOCc1cc(N)cc(N)c1. The second-order valence-electron chi connectivity index (χ2n) is 2.65. The average molecular weight is 166 g/mol. The molecule has 66 valence electrons. The summed E-state index contributed by atoms with van der Waals surface area (Å²) >= 11 is 0. The highest BCUT2D eigenvalue weighted by Crippen LogP contribution is 2.14. The molecule has 1 rings (SSSR count). The van der Waals surface area contributed by atoms with Crippen LogP contribution in [0, 0.1) is 0 Å². The smallest absolute Gasteiger partial charge is 0.0718 e. The molecule has 0 heterocycles. The minimum Gasteiger partial charge on any atom is -0.399 e. The molecule has 0 saturated carbocycles. The highest BCUT2D eigenvalue weighted by molar-refractivity contribution is 5.54. The van der Waals surface area contributed by atoms with Crippen LogP contribution in [0.15, 0.2) is 18.2 Å². The zero-order valence-corrected chi connectivity index (χ0v) is 7.21. The van der Waals surface area contributed by atoms with Crippen LogP contribution >= 0.6 is 0 Å². The predicted molar refractivity (Wildman–Crippen MR) is 50.6 cm³/mol. The summed E-state index contributed by atoms with van der Waals surface area (Å²) in [6.45, 7) is 3.23. The number of ether oxygens (including phenoxy) is 1. The van der Waals surface area contributed by atoms with Crippen LogP contribution in [0.5, 0.6) is 0 Å². The molecule has 0 fully saturated rings. The van der Waals surface area contributed by atoms with E-state index in [0.717, 1.165) is 5.56 Å². The molecule has 0 aliphatic carbocycles. The van der Waals surface area contributed by atoms with E-state index in [4.69, 9.17) is 16.2 Å². The molecule has 4 N–H and O–H groups in total. The fourth-order valence-corrected chi connectivity index (χ4v) is 1.05. The van der Waals surface area contributed by atoms with E-state index in [1.54, 1.807) is 6.07 Å². The summed E-state index contributed by atoms with van der Waals surface area (Å²) in [5.41, 5.74) is 13.6. The zero-order chi connectivity index (χ0) is 8.97. The third kappa shape index (κ3) is 2.43. The van der Waals surface area contributed by atoms with Gasteiger partial charge in [-0.05, 0) is 30.7 Å². The van der Waals surface area contributed by atoms with Gasteiger partial charge in [0.25, 0.3) is 0 Å². The number of anilines is 2. The second-order valence-corrected chi connectivity index (χ2v) is 2.65. The maximum atomic E-state index is 5.60. The largest absolute Gasteiger partial charge is 0.399 e. The van der Waals surface area contributed by atoms with Crippen molar-refractivity contribution in [2.75, 3.05) is 18.1 Å². The number of hydrogen-bond donors (Lipinski definition) is 2. The van der Waals surface area contributed by atoms with Gasteiger partial charge in [0.2, 0.25) is 0 Å². The van der Waals surface area contributed by atoms with Crippen molar-refractivity contribution in [3.8, 4) is 0 Å². The molecule has 12 heavy (non-hydrogen) atoms. The minimum atomic E-state index is 0.575. The lowest BCUT2D eigenvalue weighted by Gasteiger charge is -2.04. The Morgan fingerprint density at radius 2 is 1.75 bits per heavy atom. The summed E-state index contributed by atoms with van der Waals surface area (Å²) in [6, 6.07) is 5.47. The Balaban J connectivity index is 2.72. The summed E-state index contributed by atoms with van der Waals surface area (Å²) in [4.78, 5) is 0. The third-order valence-corrected chi connectivity index (χ3v) is 1.51. The van der Waals surface area contributed by atoms with Gasteiger partial charge in [-0.3, -0.25) is 0 Å². The minimum absolute atomic E-state index is 0.575. The van der Waals surface area contributed by atoms with Gasteiger partial charge in [0, 0.05) is 18.0 Å². The second kappa shape index (κ2) is 3.97. The van der Waals surface area contributed by atoms with Crippen molar-refractivity contribution in [3.05, 3.63) is 23.8 Å². The maximum absolute atomic E-state index is 5.60. The molecule has 0 aliphatic heterocycles. The molecule has 3 nitrogen and oxygen atoms in total. The molecule has 3 heteroatoms. The lowest BCUT2D eigenvalue weighted by Crippen LogP contribution is -1.96. The Hall–Kier alpha value is -1.22. The molecule has 0 amide bonds. The Labute approximate surface area is 72.3 Å². The monoisotopic (exact) mass is 166 g/mol. The van der Waals surface area contributed by atoms with E-state index >= 15 is 0 Å². The van der Waals surface area contributed by atoms with Crippen LogP contribution in [0.1, 0.15) is 12.5 Å². The summed E-state index contributed by atoms with van der Waals surface area (Å²) in [7, 11) is 0. The first-order chi connectivity index (χ1) is 5.72. The van der Waals surface area contributed by atoms with Crippen molar-refractivity contribution < 1.29 is 4.74 Å². The zero-order valence-electron chi connectivity index (χ0n) is 7.21. The van der Waals surface area contributed by atoms with Crippen LogP contribution in [0.25, 0.3) is 0 Å². The quantitative estimate of drug-likeness (QED) is 0.667. The third-order valence-electron chi connectivity index (χ3n) is 1.51. The van der Waals surface area contributed by atoms with E-state index in [1.165, 1.54) is 0 Å². The van der Waals surface area contributed by atoms with Crippen LogP contribution < -0.4 is 11.5 Å². The van der Waals surface area contributed by atoms with Gasteiger partial charge in [0.15, 0.2) is 0 Å². The Bertz CT molecular complexity index is 240. The normalized spacial score (nSPS) is 10.1. The average Bonchev–Trinajstić information content (AvgIpc) is 1.99. The molecule has 1 aromatic rings. The molecule has 0 aromatic heterocycles. The van der Waals surface area contributed by atoms with Gasteiger partial charge in [-0.15, -0.1) is 0 Å². The molecule has 0 unspecified atom stereocenters. The van der Waals surface area contributed by atoms with Crippen LogP contribution in [0.3, 0.4) is 0 Å². The molecule has 0 saturated heterocycles. The topological polar surface area (TPSA) is 61.3 Å². The molecule has 0 aliphatic rings. The van der Waals surface area contributed by atoms with Gasteiger partial charge in [-0.2, -0.15) is 0 Å². The highest BCUT2D eigenvalue weighted by Gasteiger charge is 1.95. The summed E-state index contributed by atoms with van der Waals surface area (Å²) in [5.74, 6) is 0. The number of benzene rings is 1. The predicted octanol–water partition coefficient (Wildman–Crippen LogP) is 1.39. The number of rotatable bonds is 3. The summed E-state index contributed by atoms with van der Waals surface area (Å²) < 4.78 is 5.22. The summed E-state index contributed by atoms with van der Waals surface area (Å²) in [5, 5.41) is 0. The number of nitrogen functional groups attached to an aromatic ring is 2. The van der Waals surface area contributed by atoms with Gasteiger partial charge in [0.1, 0.15) is 0 Å². The van der Waals surface area contributed by atoms with Crippen molar-refractivity contribution >= 4 is 11.4 Å². The van der Waals surface area contributed by atoms with E-state index in [-0.39, 0.29) is 0 Å². The highest BCUT2D eigenvalue weighted by atomic mass is 16.5. The van der Waals surface area contributed by atoms with Crippen molar-refractivity contribution in [3.63, 3.8) is 0 Å². The van der Waals surface area contributed by atoms with Crippen molar-refractivity contribution in [1.82, 2.24) is 0 Å². The fourth-order valence-electron chi connectivity index (χ4n) is 1.05. The van der Waals surface area contributed by atoms with Gasteiger partial charge < -0.3 is 16.2 Å². The molecule has 0 atom stereocenters. The maximum Gasteiger partial charge on any atom is 0.0718 e. The molecule has 0 radical (unpaired) electrons. The first-order valence-corrected chi connectivity index (χ1v) is 3.95. The molecule has 0 spiro atoms. The molecule has 1 aromatic carbocycles. The van der Waals surface area contributed by atoms with Gasteiger partial charge in [-0.1, -0.05) is 0 Å². The van der Waals surface area contributed by atoms with E-state index in [1.807, 2.05) is 19.1 Å². The lowest BCUT2D eigenvalue weighted by molar-refractivity contribution is 0.134. The molecular formula is C9H14N2O. The van der Waals surface area contributed by atoms with Crippen LogP contribution in [0.4, 0.5) is 11.4 Å². The summed E-state index contributed by atoms with van der Waals surface area (Å²) in [6.07, 6.45) is 0. The number of hydrogen-bond acceptors (Lipinski definition) is 3.